The van der Waals surface area contributed by atoms with Gasteiger partial charge < -0.3 is 25.4 Å². The van der Waals surface area contributed by atoms with Crippen LogP contribution in [-0.4, -0.2) is 35.9 Å². The molecule has 0 atom stereocenters. The zero-order chi connectivity index (χ0) is 25.0. The molecule has 1 saturated heterocycles. The first-order valence-electron chi connectivity index (χ1n) is 10.4. The Morgan fingerprint density at radius 1 is 0.914 bits per heavy atom. The fraction of sp³-hybridized carbons (Fsp3) is 0.167. The number of hydrogen-bond acceptors (Lipinski definition) is 6. The molecule has 1 aromatic heterocycles. The molecule has 1 aliphatic rings. The SMILES string of the molecule is CC(=O)Nc1cc(Oc2ccc(NC(=O)C3(C(=O)Nc4ccc(F)cc4)COC3)cc2F)ccn1. The summed E-state index contributed by atoms with van der Waals surface area (Å²) in [5, 5.41) is 7.60. The van der Waals surface area contributed by atoms with Crippen LogP contribution >= 0.6 is 0 Å². The lowest BCUT2D eigenvalue weighted by atomic mass is 9.83. The summed E-state index contributed by atoms with van der Waals surface area (Å²) in [5.41, 5.74) is -1.09. The molecule has 0 radical (unpaired) electrons. The minimum atomic E-state index is -1.52. The molecule has 9 nitrogen and oxygen atoms in total. The molecule has 0 saturated carbocycles. The number of nitrogens with zero attached hydrogens (tertiary/aromatic N) is 1. The maximum atomic E-state index is 14.7. The van der Waals surface area contributed by atoms with Crippen LogP contribution in [0.2, 0.25) is 0 Å². The van der Waals surface area contributed by atoms with E-state index in [2.05, 4.69) is 20.9 Å². The molecule has 1 aliphatic heterocycles. The Morgan fingerprint density at radius 2 is 1.57 bits per heavy atom. The monoisotopic (exact) mass is 482 g/mol. The third-order valence-electron chi connectivity index (χ3n) is 5.12. The highest BCUT2D eigenvalue weighted by atomic mass is 19.1. The van der Waals surface area contributed by atoms with Gasteiger partial charge in [-0.1, -0.05) is 0 Å². The van der Waals surface area contributed by atoms with E-state index in [0.29, 0.717) is 5.69 Å². The highest BCUT2D eigenvalue weighted by molar-refractivity contribution is 6.15. The van der Waals surface area contributed by atoms with Crippen molar-refractivity contribution in [3.8, 4) is 11.5 Å². The number of nitrogens with one attached hydrogen (secondary N) is 3. The molecule has 4 rings (SSSR count). The fourth-order valence-corrected chi connectivity index (χ4v) is 3.22. The molecule has 3 N–H and O–H groups in total. The van der Waals surface area contributed by atoms with Gasteiger partial charge in [0.2, 0.25) is 17.7 Å². The van der Waals surface area contributed by atoms with E-state index in [-0.39, 0.29) is 42.1 Å². The Hall–Kier alpha value is -4.38. The third kappa shape index (κ3) is 5.41. The molecule has 2 aromatic carbocycles. The van der Waals surface area contributed by atoms with E-state index in [1.807, 2.05) is 0 Å². The van der Waals surface area contributed by atoms with E-state index in [1.165, 1.54) is 61.7 Å². The number of halogens is 2. The van der Waals surface area contributed by atoms with Crippen LogP contribution in [0.1, 0.15) is 6.92 Å². The van der Waals surface area contributed by atoms with Crippen molar-refractivity contribution < 1.29 is 32.6 Å². The minimum absolute atomic E-state index is 0.106. The summed E-state index contributed by atoms with van der Waals surface area (Å²) >= 11 is 0. The van der Waals surface area contributed by atoms with E-state index >= 15 is 0 Å². The third-order valence-corrected chi connectivity index (χ3v) is 5.12. The topological polar surface area (TPSA) is 119 Å². The number of anilines is 3. The lowest BCUT2D eigenvalue weighted by Crippen LogP contribution is -2.59. The van der Waals surface area contributed by atoms with E-state index in [0.717, 1.165) is 6.07 Å². The predicted octanol–water partition coefficient (Wildman–Crippen LogP) is 3.70. The van der Waals surface area contributed by atoms with Crippen LogP contribution in [0.3, 0.4) is 0 Å². The number of rotatable bonds is 7. The number of ether oxygens (including phenoxy) is 2. The van der Waals surface area contributed by atoms with Crippen molar-refractivity contribution in [2.24, 2.45) is 5.41 Å². The first-order chi connectivity index (χ1) is 16.7. The lowest BCUT2D eigenvalue weighted by molar-refractivity contribution is -0.166. The second-order valence-corrected chi connectivity index (χ2v) is 7.80. The van der Waals surface area contributed by atoms with Gasteiger partial charge in [-0.2, -0.15) is 0 Å². The normalized spacial score (nSPS) is 13.8. The van der Waals surface area contributed by atoms with Crippen molar-refractivity contribution in [1.82, 2.24) is 4.98 Å². The first kappa shape index (κ1) is 23.8. The van der Waals surface area contributed by atoms with Crippen molar-refractivity contribution in [2.45, 2.75) is 6.92 Å². The van der Waals surface area contributed by atoms with Crippen molar-refractivity contribution in [1.29, 1.82) is 0 Å². The summed E-state index contributed by atoms with van der Waals surface area (Å²) in [7, 11) is 0. The second kappa shape index (κ2) is 9.85. The quantitative estimate of drug-likeness (QED) is 0.442. The van der Waals surface area contributed by atoms with E-state index in [1.54, 1.807) is 0 Å². The van der Waals surface area contributed by atoms with Gasteiger partial charge in [0.1, 0.15) is 17.4 Å². The Balaban J connectivity index is 1.43. The maximum absolute atomic E-state index is 14.7. The van der Waals surface area contributed by atoms with Crippen LogP contribution < -0.4 is 20.7 Å². The highest BCUT2D eigenvalue weighted by Crippen LogP contribution is 2.33. The summed E-state index contributed by atoms with van der Waals surface area (Å²) in [5.74, 6) is -2.50. The number of aromatic nitrogens is 1. The molecular weight excluding hydrogens is 462 g/mol. The smallest absolute Gasteiger partial charge is 0.244 e. The number of carbonyl (C=O) groups excluding carboxylic acids is 3. The van der Waals surface area contributed by atoms with Crippen LogP contribution in [0.4, 0.5) is 26.0 Å². The second-order valence-electron chi connectivity index (χ2n) is 7.80. The number of pyridine rings is 1. The molecule has 0 spiro atoms. The summed E-state index contributed by atoms with van der Waals surface area (Å²) < 4.78 is 38.4. The number of carbonyl (C=O) groups is 3. The van der Waals surface area contributed by atoms with Gasteiger partial charge in [0.05, 0.1) is 13.2 Å². The first-order valence-corrected chi connectivity index (χ1v) is 10.4. The van der Waals surface area contributed by atoms with E-state index in [4.69, 9.17) is 9.47 Å². The Bertz CT molecular complexity index is 1280. The van der Waals surface area contributed by atoms with Crippen LogP contribution in [0.25, 0.3) is 0 Å². The number of amides is 3. The van der Waals surface area contributed by atoms with Crippen LogP contribution in [0, 0.1) is 17.0 Å². The van der Waals surface area contributed by atoms with Crippen molar-refractivity contribution in [3.63, 3.8) is 0 Å². The van der Waals surface area contributed by atoms with Crippen molar-refractivity contribution in [2.75, 3.05) is 29.2 Å². The molecule has 2 heterocycles. The van der Waals surface area contributed by atoms with Gasteiger partial charge in [0.15, 0.2) is 17.0 Å². The molecule has 0 unspecified atom stereocenters. The Morgan fingerprint density at radius 3 is 2.17 bits per heavy atom. The van der Waals surface area contributed by atoms with Crippen molar-refractivity contribution in [3.05, 3.63) is 72.4 Å². The van der Waals surface area contributed by atoms with Gasteiger partial charge in [-0.25, -0.2) is 13.8 Å². The standard InChI is InChI=1S/C24H20F2N4O5/c1-14(31)28-21-11-18(8-9-27-21)35-20-7-6-17(10-19(20)26)30-23(33)24(12-34-13-24)22(32)29-16-4-2-15(25)3-5-16/h2-11H,12-13H2,1H3,(H,29,32)(H,30,33)(H,27,28,31). The fourth-order valence-electron chi connectivity index (χ4n) is 3.22. The number of hydrogen-bond donors (Lipinski definition) is 3. The summed E-state index contributed by atoms with van der Waals surface area (Å²) in [6.45, 7) is 1.01. The molecular formula is C24H20F2N4O5. The van der Waals surface area contributed by atoms with Gasteiger partial charge in [0.25, 0.3) is 0 Å². The van der Waals surface area contributed by atoms with E-state index < -0.39 is 28.9 Å². The van der Waals surface area contributed by atoms with Gasteiger partial charge in [0, 0.05) is 36.6 Å². The van der Waals surface area contributed by atoms with Crippen LogP contribution in [0.5, 0.6) is 11.5 Å². The van der Waals surface area contributed by atoms with E-state index in [9.17, 15) is 23.2 Å². The van der Waals surface area contributed by atoms with Crippen LogP contribution in [0.15, 0.2) is 60.8 Å². The highest BCUT2D eigenvalue weighted by Gasteiger charge is 2.53. The average molecular weight is 482 g/mol. The molecule has 35 heavy (non-hydrogen) atoms. The molecule has 0 aliphatic carbocycles. The Kier molecular flexibility index (Phi) is 6.69. The zero-order valence-corrected chi connectivity index (χ0v) is 18.4. The van der Waals surface area contributed by atoms with Crippen molar-refractivity contribution >= 4 is 34.9 Å². The Labute approximate surface area is 198 Å². The number of benzene rings is 2. The van der Waals surface area contributed by atoms with Crippen LogP contribution in [-0.2, 0) is 19.1 Å². The molecule has 1 fully saturated rings. The minimum Gasteiger partial charge on any atom is -0.454 e. The maximum Gasteiger partial charge on any atom is 0.244 e. The van der Waals surface area contributed by atoms with Gasteiger partial charge in [-0.05, 0) is 42.5 Å². The summed E-state index contributed by atoms with van der Waals surface area (Å²) in [6.07, 6.45) is 1.39. The molecule has 0 bridgehead atoms. The molecule has 11 heteroatoms. The summed E-state index contributed by atoms with van der Waals surface area (Å²) in [4.78, 5) is 40.8. The van der Waals surface area contributed by atoms with Gasteiger partial charge in [-0.15, -0.1) is 0 Å². The summed E-state index contributed by atoms with van der Waals surface area (Å²) in [6, 6.07) is 11.8. The van der Waals surface area contributed by atoms with Gasteiger partial charge in [-0.3, -0.25) is 14.4 Å². The average Bonchev–Trinajstić information content (AvgIpc) is 2.76. The lowest BCUT2D eigenvalue weighted by Gasteiger charge is -2.38. The van der Waals surface area contributed by atoms with Gasteiger partial charge >= 0.3 is 0 Å². The largest absolute Gasteiger partial charge is 0.454 e. The zero-order valence-electron chi connectivity index (χ0n) is 18.4. The molecule has 3 aromatic rings. The molecule has 180 valence electrons. The predicted molar refractivity (Wildman–Crippen MR) is 122 cm³/mol. The molecule has 3 amide bonds.